The van der Waals surface area contributed by atoms with Crippen molar-refractivity contribution in [1.29, 1.82) is 0 Å². The summed E-state index contributed by atoms with van der Waals surface area (Å²) in [6.07, 6.45) is 7.71. The van der Waals surface area contributed by atoms with Crippen molar-refractivity contribution in [3.05, 3.63) is 17.1 Å². The van der Waals surface area contributed by atoms with Crippen LogP contribution in [0.25, 0.3) is 0 Å². The van der Waals surface area contributed by atoms with Crippen molar-refractivity contribution in [2.24, 2.45) is 5.84 Å². The summed E-state index contributed by atoms with van der Waals surface area (Å²) >= 11 is 0. The van der Waals surface area contributed by atoms with Gasteiger partial charge in [0.1, 0.15) is 11.4 Å². The van der Waals surface area contributed by atoms with Crippen molar-refractivity contribution < 1.29 is 4.74 Å². The Kier molecular flexibility index (Phi) is 3.41. The van der Waals surface area contributed by atoms with Crippen molar-refractivity contribution in [3.8, 4) is 0 Å². The van der Waals surface area contributed by atoms with Gasteiger partial charge in [0.25, 0.3) is 0 Å². The van der Waals surface area contributed by atoms with Gasteiger partial charge in [-0.2, -0.15) is 0 Å². The molecule has 2 heterocycles. The number of anilines is 1. The summed E-state index contributed by atoms with van der Waals surface area (Å²) in [5.74, 6) is 7.21. The van der Waals surface area contributed by atoms with E-state index in [-0.39, 0.29) is 5.60 Å². The highest BCUT2D eigenvalue weighted by Gasteiger charge is 2.34. The van der Waals surface area contributed by atoms with Crippen LogP contribution < -0.4 is 11.3 Å². The topological polar surface area (TPSA) is 73.1 Å². The molecule has 0 spiro atoms. The molecule has 0 saturated carbocycles. The van der Waals surface area contributed by atoms with E-state index >= 15 is 0 Å². The molecule has 0 aromatic carbocycles. The number of rotatable bonds is 2. The van der Waals surface area contributed by atoms with Crippen LogP contribution in [-0.4, -0.2) is 16.6 Å². The van der Waals surface area contributed by atoms with E-state index in [1.165, 1.54) is 24.8 Å². The average molecular weight is 262 g/mol. The molecule has 5 nitrogen and oxygen atoms in total. The molecule has 1 atom stereocenters. The van der Waals surface area contributed by atoms with Crippen LogP contribution in [0.4, 0.5) is 5.82 Å². The molecule has 1 fully saturated rings. The van der Waals surface area contributed by atoms with Crippen LogP contribution in [0.2, 0.25) is 0 Å². The third kappa shape index (κ3) is 2.32. The highest BCUT2D eigenvalue weighted by Crippen LogP contribution is 2.35. The minimum absolute atomic E-state index is 0.351. The van der Waals surface area contributed by atoms with E-state index in [4.69, 9.17) is 15.6 Å². The number of nitrogens with two attached hydrogens (primary N) is 1. The Morgan fingerprint density at radius 1 is 1.16 bits per heavy atom. The van der Waals surface area contributed by atoms with Crippen molar-refractivity contribution in [2.75, 3.05) is 12.0 Å². The van der Waals surface area contributed by atoms with Crippen LogP contribution in [0.5, 0.6) is 0 Å². The van der Waals surface area contributed by atoms with Crippen molar-refractivity contribution >= 4 is 5.82 Å². The number of nitrogens with zero attached hydrogens (tertiary/aromatic N) is 2. The van der Waals surface area contributed by atoms with Gasteiger partial charge >= 0.3 is 0 Å². The van der Waals surface area contributed by atoms with Crippen LogP contribution in [0.15, 0.2) is 0 Å². The van der Waals surface area contributed by atoms with Gasteiger partial charge in [-0.05, 0) is 51.9 Å². The molecule has 3 N–H and O–H groups in total. The zero-order chi connectivity index (χ0) is 13.3. The Hall–Kier alpha value is -1.20. The third-order valence-electron chi connectivity index (χ3n) is 4.26. The molecule has 19 heavy (non-hydrogen) atoms. The lowest BCUT2D eigenvalue weighted by Crippen LogP contribution is -2.33. The normalized spacial score (nSPS) is 26.8. The first-order chi connectivity index (χ1) is 9.23. The van der Waals surface area contributed by atoms with E-state index in [0.29, 0.717) is 0 Å². The molecule has 0 radical (unpaired) electrons. The molecular weight excluding hydrogens is 240 g/mol. The maximum atomic E-state index is 5.95. The quantitative estimate of drug-likeness (QED) is 0.630. The number of hydrogen-bond acceptors (Lipinski definition) is 5. The Balaban J connectivity index is 2.02. The van der Waals surface area contributed by atoms with Gasteiger partial charge in [0, 0.05) is 17.9 Å². The molecule has 2 aliphatic rings. The number of hydrazine groups is 1. The highest BCUT2D eigenvalue weighted by molar-refractivity contribution is 5.47. The summed E-state index contributed by atoms with van der Waals surface area (Å²) in [5, 5.41) is 0. The van der Waals surface area contributed by atoms with E-state index < -0.39 is 0 Å². The van der Waals surface area contributed by atoms with Crippen LogP contribution >= 0.6 is 0 Å². The predicted octanol–water partition coefficient (Wildman–Crippen LogP) is 2.06. The molecule has 3 rings (SSSR count). The largest absolute Gasteiger partial charge is 0.367 e. The van der Waals surface area contributed by atoms with Crippen LogP contribution in [0, 0.1) is 0 Å². The Bertz CT molecular complexity index is 452. The smallest absolute Gasteiger partial charge is 0.162 e. The second-order valence-corrected chi connectivity index (χ2v) is 5.71. The lowest BCUT2D eigenvalue weighted by atomic mass is 9.92. The minimum atomic E-state index is -0.351. The standard InChI is InChI=1S/C14H22N4O/c1-14(8-4-5-9-19-14)13-16-11-7-3-2-6-10(11)12(17-13)18-15/h2-9,15H2,1H3,(H,16,17,18). The first kappa shape index (κ1) is 12.8. The monoisotopic (exact) mass is 262 g/mol. The fourth-order valence-electron chi connectivity index (χ4n) is 3.06. The van der Waals surface area contributed by atoms with Crippen LogP contribution in [-0.2, 0) is 23.2 Å². The maximum absolute atomic E-state index is 5.95. The van der Waals surface area contributed by atoms with Gasteiger partial charge in [-0.3, -0.25) is 0 Å². The number of nitrogens with one attached hydrogen (secondary N) is 1. The van der Waals surface area contributed by atoms with Gasteiger partial charge < -0.3 is 10.2 Å². The lowest BCUT2D eigenvalue weighted by Gasteiger charge is -2.33. The van der Waals surface area contributed by atoms with E-state index in [1.54, 1.807) is 0 Å². The van der Waals surface area contributed by atoms with Crippen molar-refractivity contribution in [2.45, 2.75) is 57.5 Å². The fourth-order valence-corrected chi connectivity index (χ4v) is 3.06. The lowest BCUT2D eigenvalue weighted by molar-refractivity contribution is -0.0761. The summed E-state index contributed by atoms with van der Waals surface area (Å²) in [7, 11) is 0. The molecule has 1 aromatic heterocycles. The average Bonchev–Trinajstić information content (AvgIpc) is 2.47. The van der Waals surface area contributed by atoms with Crippen LogP contribution in [0.3, 0.4) is 0 Å². The van der Waals surface area contributed by atoms with Crippen molar-refractivity contribution in [1.82, 2.24) is 9.97 Å². The third-order valence-corrected chi connectivity index (χ3v) is 4.26. The maximum Gasteiger partial charge on any atom is 0.162 e. The zero-order valence-corrected chi connectivity index (χ0v) is 11.5. The predicted molar refractivity (Wildman–Crippen MR) is 73.6 cm³/mol. The second kappa shape index (κ2) is 5.06. The van der Waals surface area contributed by atoms with Crippen molar-refractivity contribution in [3.63, 3.8) is 0 Å². The first-order valence-electron chi connectivity index (χ1n) is 7.24. The van der Waals surface area contributed by atoms with Gasteiger partial charge in [0.15, 0.2) is 5.82 Å². The van der Waals surface area contributed by atoms with E-state index in [0.717, 1.165) is 49.6 Å². The molecule has 1 aliphatic heterocycles. The number of fused-ring (bicyclic) bond motifs is 1. The fraction of sp³-hybridized carbons (Fsp3) is 0.714. The number of aromatic nitrogens is 2. The van der Waals surface area contributed by atoms with E-state index in [1.807, 2.05) is 0 Å². The summed E-state index contributed by atoms with van der Waals surface area (Å²) in [6, 6.07) is 0. The summed E-state index contributed by atoms with van der Waals surface area (Å²) in [6.45, 7) is 2.89. The molecule has 1 aliphatic carbocycles. The summed E-state index contributed by atoms with van der Waals surface area (Å²) < 4.78 is 5.95. The Labute approximate surface area is 113 Å². The van der Waals surface area contributed by atoms with Gasteiger partial charge in [0.05, 0.1) is 0 Å². The number of nitrogen functional groups attached to an aromatic ring is 1. The first-order valence-corrected chi connectivity index (χ1v) is 7.24. The van der Waals surface area contributed by atoms with E-state index in [2.05, 4.69) is 17.3 Å². The second-order valence-electron chi connectivity index (χ2n) is 5.71. The molecule has 1 unspecified atom stereocenters. The SMILES string of the molecule is CC1(c2nc3c(c(NN)n2)CCCC3)CCCCO1. The molecule has 1 saturated heterocycles. The van der Waals surface area contributed by atoms with Gasteiger partial charge in [0.2, 0.25) is 0 Å². The van der Waals surface area contributed by atoms with Gasteiger partial charge in [-0.15, -0.1) is 0 Å². The molecule has 1 aromatic rings. The number of ether oxygens (including phenoxy) is 1. The highest BCUT2D eigenvalue weighted by atomic mass is 16.5. The Morgan fingerprint density at radius 2 is 2.00 bits per heavy atom. The zero-order valence-electron chi connectivity index (χ0n) is 11.5. The molecule has 0 bridgehead atoms. The molecular formula is C14H22N4O. The summed E-state index contributed by atoms with van der Waals surface area (Å²) in [5.41, 5.74) is 4.74. The molecule has 104 valence electrons. The van der Waals surface area contributed by atoms with Gasteiger partial charge in [-0.25, -0.2) is 15.8 Å². The number of aryl methyl sites for hydroxylation is 1. The van der Waals surface area contributed by atoms with Gasteiger partial charge in [-0.1, -0.05) is 0 Å². The number of hydrogen-bond donors (Lipinski definition) is 2. The minimum Gasteiger partial charge on any atom is -0.367 e. The van der Waals surface area contributed by atoms with E-state index in [9.17, 15) is 0 Å². The molecule has 0 amide bonds. The van der Waals surface area contributed by atoms with Crippen LogP contribution in [0.1, 0.15) is 56.1 Å². The summed E-state index contributed by atoms with van der Waals surface area (Å²) in [4.78, 5) is 9.41. The molecule has 5 heteroatoms. The Morgan fingerprint density at radius 3 is 2.74 bits per heavy atom.